The van der Waals surface area contributed by atoms with E-state index in [0.29, 0.717) is 13.1 Å². The molecule has 104 valence electrons. The molecular weight excluding hydrogens is 236 g/mol. The van der Waals surface area contributed by atoms with Gasteiger partial charge in [-0.3, -0.25) is 9.59 Å². The van der Waals surface area contributed by atoms with E-state index in [1.54, 1.807) is 20.8 Å². The molecule has 2 N–H and O–H groups in total. The highest BCUT2D eigenvalue weighted by Crippen LogP contribution is 2.17. The number of hydrogen-bond donors (Lipinski definition) is 2. The number of amides is 1. The van der Waals surface area contributed by atoms with Crippen LogP contribution in [-0.4, -0.2) is 59.3 Å². The molecule has 6 nitrogen and oxygen atoms in total. The van der Waals surface area contributed by atoms with Crippen LogP contribution >= 0.6 is 0 Å². The highest BCUT2D eigenvalue weighted by molar-refractivity contribution is 5.82. The number of rotatable bonds is 5. The van der Waals surface area contributed by atoms with E-state index in [4.69, 9.17) is 9.84 Å². The lowest BCUT2D eigenvalue weighted by molar-refractivity contribution is -0.156. The van der Waals surface area contributed by atoms with Gasteiger partial charge in [-0.25, -0.2) is 0 Å². The lowest BCUT2D eigenvalue weighted by Crippen LogP contribution is -2.60. The van der Waals surface area contributed by atoms with E-state index in [1.807, 2.05) is 6.92 Å². The van der Waals surface area contributed by atoms with Crippen LogP contribution in [0.2, 0.25) is 0 Å². The summed E-state index contributed by atoms with van der Waals surface area (Å²) >= 11 is 0. The van der Waals surface area contributed by atoms with Crippen molar-refractivity contribution in [1.29, 1.82) is 0 Å². The van der Waals surface area contributed by atoms with Crippen molar-refractivity contribution in [1.82, 2.24) is 10.2 Å². The number of nitrogens with zero attached hydrogens (tertiary/aromatic N) is 1. The fourth-order valence-corrected chi connectivity index (χ4v) is 1.73. The number of carboxylic acids is 1. The van der Waals surface area contributed by atoms with Crippen LogP contribution in [0.5, 0.6) is 0 Å². The second-order valence-corrected chi connectivity index (χ2v) is 5.89. The van der Waals surface area contributed by atoms with E-state index in [2.05, 4.69) is 5.32 Å². The molecule has 0 unspecified atom stereocenters. The molecule has 1 heterocycles. The molecule has 0 bridgehead atoms. The summed E-state index contributed by atoms with van der Waals surface area (Å²) in [5.41, 5.74) is -0.833. The van der Waals surface area contributed by atoms with Gasteiger partial charge in [-0.05, 0) is 27.7 Å². The summed E-state index contributed by atoms with van der Waals surface area (Å²) in [5, 5.41) is 11.9. The summed E-state index contributed by atoms with van der Waals surface area (Å²) in [6.07, 6.45) is 0. The first kappa shape index (κ1) is 14.9. The number of carbonyl (C=O) groups excluding carboxylic acids is 1. The normalized spacial score (nSPS) is 18.0. The van der Waals surface area contributed by atoms with Crippen molar-refractivity contribution >= 4 is 11.9 Å². The third-order valence-corrected chi connectivity index (χ3v) is 2.95. The lowest BCUT2D eigenvalue weighted by atomic mass is 10.00. The van der Waals surface area contributed by atoms with Crippen molar-refractivity contribution in [2.24, 2.45) is 0 Å². The van der Waals surface area contributed by atoms with Crippen molar-refractivity contribution in [3.8, 4) is 0 Å². The summed E-state index contributed by atoms with van der Waals surface area (Å²) in [5.74, 6) is -1.31. The Hall–Kier alpha value is -1.14. The standard InChI is InChI=1S/C12H22N2O4/c1-11(2,3)14(5-10(16)17)9(15)6-18-12(4)7-13-8-12/h13H,5-8H2,1-4H3,(H,16,17). The van der Waals surface area contributed by atoms with Gasteiger partial charge in [0, 0.05) is 18.6 Å². The van der Waals surface area contributed by atoms with E-state index in [0.717, 1.165) is 0 Å². The van der Waals surface area contributed by atoms with Crippen molar-refractivity contribution in [3.63, 3.8) is 0 Å². The molecule has 0 radical (unpaired) electrons. The highest BCUT2D eigenvalue weighted by atomic mass is 16.5. The summed E-state index contributed by atoms with van der Waals surface area (Å²) < 4.78 is 5.54. The highest BCUT2D eigenvalue weighted by Gasteiger charge is 2.35. The van der Waals surface area contributed by atoms with E-state index >= 15 is 0 Å². The number of carboxylic acid groups (broad SMARTS) is 1. The van der Waals surface area contributed by atoms with Gasteiger partial charge in [0.15, 0.2) is 0 Å². The van der Waals surface area contributed by atoms with Gasteiger partial charge in [0.2, 0.25) is 5.91 Å². The maximum Gasteiger partial charge on any atom is 0.323 e. The smallest absolute Gasteiger partial charge is 0.323 e. The molecule has 0 atom stereocenters. The minimum Gasteiger partial charge on any atom is -0.480 e. The molecule has 0 aromatic rings. The second-order valence-electron chi connectivity index (χ2n) is 5.89. The molecule has 0 saturated carbocycles. The van der Waals surface area contributed by atoms with E-state index in [9.17, 15) is 9.59 Å². The van der Waals surface area contributed by atoms with Gasteiger partial charge in [-0.15, -0.1) is 0 Å². The van der Waals surface area contributed by atoms with Crippen LogP contribution in [0.1, 0.15) is 27.7 Å². The topological polar surface area (TPSA) is 78.9 Å². The van der Waals surface area contributed by atoms with Gasteiger partial charge in [0.25, 0.3) is 0 Å². The Morgan fingerprint density at radius 1 is 1.39 bits per heavy atom. The van der Waals surface area contributed by atoms with Crippen LogP contribution < -0.4 is 5.32 Å². The minimum absolute atomic E-state index is 0.0806. The van der Waals surface area contributed by atoms with Gasteiger partial charge in [-0.1, -0.05) is 0 Å². The molecule has 1 rings (SSSR count). The number of carbonyl (C=O) groups is 2. The zero-order chi connectivity index (χ0) is 14.0. The molecule has 0 spiro atoms. The molecule has 1 saturated heterocycles. The average molecular weight is 258 g/mol. The Labute approximate surface area is 107 Å². The molecule has 18 heavy (non-hydrogen) atoms. The van der Waals surface area contributed by atoms with Crippen LogP contribution in [0.3, 0.4) is 0 Å². The zero-order valence-electron chi connectivity index (χ0n) is 11.4. The Kier molecular flexibility index (Phi) is 4.34. The monoisotopic (exact) mass is 258 g/mol. The van der Waals surface area contributed by atoms with E-state index in [1.165, 1.54) is 4.90 Å². The van der Waals surface area contributed by atoms with Crippen molar-refractivity contribution in [2.45, 2.75) is 38.8 Å². The molecular formula is C12H22N2O4. The summed E-state index contributed by atoms with van der Waals surface area (Å²) in [4.78, 5) is 24.1. The number of ether oxygens (including phenoxy) is 1. The minimum atomic E-state index is -1.02. The summed E-state index contributed by atoms with van der Waals surface area (Å²) in [7, 11) is 0. The molecule has 1 aliphatic heterocycles. The molecule has 0 aromatic carbocycles. The lowest BCUT2D eigenvalue weighted by Gasteiger charge is -2.40. The number of nitrogens with one attached hydrogen (secondary N) is 1. The first-order chi connectivity index (χ1) is 8.14. The Bertz CT molecular complexity index is 331. The SMILES string of the molecule is CC1(OCC(=O)N(CC(=O)O)C(C)(C)C)CNC1. The van der Waals surface area contributed by atoms with Gasteiger partial charge in [-0.2, -0.15) is 0 Å². The number of hydrogen-bond acceptors (Lipinski definition) is 4. The predicted molar refractivity (Wildman–Crippen MR) is 66.3 cm³/mol. The molecule has 0 aromatic heterocycles. The fraction of sp³-hybridized carbons (Fsp3) is 0.833. The van der Waals surface area contributed by atoms with Crippen LogP contribution in [0.4, 0.5) is 0 Å². The second kappa shape index (κ2) is 5.24. The average Bonchev–Trinajstić information content (AvgIpc) is 2.18. The third kappa shape index (κ3) is 3.96. The zero-order valence-corrected chi connectivity index (χ0v) is 11.4. The Morgan fingerprint density at radius 3 is 2.28 bits per heavy atom. The summed E-state index contributed by atoms with van der Waals surface area (Å²) in [6, 6.07) is 0. The van der Waals surface area contributed by atoms with Crippen LogP contribution in [-0.2, 0) is 14.3 Å². The summed E-state index contributed by atoms with van der Waals surface area (Å²) in [6.45, 7) is 8.39. The maximum absolute atomic E-state index is 12.0. The van der Waals surface area contributed by atoms with Crippen LogP contribution in [0.25, 0.3) is 0 Å². The largest absolute Gasteiger partial charge is 0.480 e. The third-order valence-electron chi connectivity index (χ3n) is 2.95. The molecule has 6 heteroatoms. The van der Waals surface area contributed by atoms with Crippen molar-refractivity contribution in [2.75, 3.05) is 26.2 Å². The Morgan fingerprint density at radius 2 is 1.94 bits per heavy atom. The van der Waals surface area contributed by atoms with Crippen molar-refractivity contribution < 1.29 is 19.4 Å². The van der Waals surface area contributed by atoms with Crippen LogP contribution in [0, 0.1) is 0 Å². The van der Waals surface area contributed by atoms with Crippen LogP contribution in [0.15, 0.2) is 0 Å². The predicted octanol–water partition coefficient (Wildman–Crippen LogP) is 0.0766. The maximum atomic E-state index is 12.0. The first-order valence-corrected chi connectivity index (χ1v) is 6.01. The molecule has 1 amide bonds. The van der Waals surface area contributed by atoms with Gasteiger partial charge in [0.1, 0.15) is 13.2 Å². The van der Waals surface area contributed by atoms with Gasteiger partial charge in [0.05, 0.1) is 5.60 Å². The fourth-order valence-electron chi connectivity index (χ4n) is 1.73. The molecule has 0 aliphatic carbocycles. The Balaban J connectivity index is 2.56. The number of aliphatic carboxylic acids is 1. The molecule has 1 aliphatic rings. The van der Waals surface area contributed by atoms with E-state index in [-0.39, 0.29) is 24.7 Å². The van der Waals surface area contributed by atoms with Gasteiger partial charge < -0.3 is 20.1 Å². The van der Waals surface area contributed by atoms with Gasteiger partial charge >= 0.3 is 5.97 Å². The molecule has 1 fully saturated rings. The van der Waals surface area contributed by atoms with Crippen molar-refractivity contribution in [3.05, 3.63) is 0 Å². The first-order valence-electron chi connectivity index (χ1n) is 6.01. The van der Waals surface area contributed by atoms with E-state index < -0.39 is 11.5 Å². The quantitative estimate of drug-likeness (QED) is 0.730.